The first-order valence-electron chi connectivity index (χ1n) is 5.33. The summed E-state index contributed by atoms with van der Waals surface area (Å²) in [7, 11) is 1.43. The number of hydrogen-bond acceptors (Lipinski definition) is 5. The molecule has 0 saturated heterocycles. The quantitative estimate of drug-likeness (QED) is 0.644. The molecule has 0 spiro atoms. The van der Waals surface area contributed by atoms with Crippen molar-refractivity contribution in [2.45, 2.75) is 6.92 Å². The number of esters is 1. The summed E-state index contributed by atoms with van der Waals surface area (Å²) in [6.07, 6.45) is 0. The molecule has 1 N–H and O–H groups in total. The maximum atomic E-state index is 11.4. The third-order valence-electron chi connectivity index (χ3n) is 2.73. The molecule has 1 heterocycles. The van der Waals surface area contributed by atoms with E-state index in [1.165, 1.54) is 20.1 Å². The van der Waals surface area contributed by atoms with E-state index in [4.69, 9.17) is 9.47 Å². The van der Waals surface area contributed by atoms with Crippen LogP contribution in [0.1, 0.15) is 12.5 Å². The molecule has 0 fully saturated rings. The molecule has 0 amide bonds. The number of hydrogen-bond donors (Lipinski definition) is 1. The third kappa shape index (κ3) is 1.95. The Hall–Kier alpha value is -2.30. The Morgan fingerprint density at radius 3 is 2.78 bits per heavy atom. The molecule has 18 heavy (non-hydrogen) atoms. The second-order valence-corrected chi connectivity index (χ2v) is 3.87. The van der Waals surface area contributed by atoms with Crippen LogP contribution < -0.4 is 4.74 Å². The number of methoxy groups -OCH3 is 1. The number of Topliss-reactive ketones (excluding diaryl/α,β-unsaturated/α-hetero) is 1. The molecule has 2 rings (SSSR count). The maximum Gasteiger partial charge on any atom is 0.342 e. The number of carbonyl (C=O) groups excluding carboxylic acids is 2. The Kier molecular flexibility index (Phi) is 3.06. The minimum Gasteiger partial charge on any atom is -0.504 e. The molecule has 1 aliphatic heterocycles. The number of phenolic OH excluding ortho intramolecular Hbond substituents is 1. The first-order valence-corrected chi connectivity index (χ1v) is 5.33. The van der Waals surface area contributed by atoms with Crippen molar-refractivity contribution in [3.63, 3.8) is 0 Å². The van der Waals surface area contributed by atoms with Crippen LogP contribution in [0.2, 0.25) is 0 Å². The average molecular weight is 248 g/mol. The van der Waals surface area contributed by atoms with Crippen molar-refractivity contribution in [3.8, 4) is 11.5 Å². The van der Waals surface area contributed by atoms with Gasteiger partial charge in [-0.2, -0.15) is 0 Å². The lowest BCUT2D eigenvalue weighted by Crippen LogP contribution is -2.06. The van der Waals surface area contributed by atoms with Gasteiger partial charge in [0, 0.05) is 5.57 Å². The lowest BCUT2D eigenvalue weighted by molar-refractivity contribution is -0.137. The van der Waals surface area contributed by atoms with Crippen molar-refractivity contribution < 1.29 is 24.2 Å². The van der Waals surface area contributed by atoms with Crippen LogP contribution in [0.3, 0.4) is 0 Å². The van der Waals surface area contributed by atoms with Crippen LogP contribution in [0.25, 0.3) is 5.57 Å². The largest absolute Gasteiger partial charge is 0.504 e. The molecular weight excluding hydrogens is 236 g/mol. The first kappa shape index (κ1) is 12.2. The predicted molar refractivity (Wildman–Crippen MR) is 63.2 cm³/mol. The van der Waals surface area contributed by atoms with E-state index in [1.54, 1.807) is 12.1 Å². The van der Waals surface area contributed by atoms with Crippen LogP contribution in [0.5, 0.6) is 11.5 Å². The summed E-state index contributed by atoms with van der Waals surface area (Å²) in [5, 5.41) is 9.50. The standard InChI is InChI=1S/C13H12O5/c1-7(14)12-9(6-18-13(12)16)8-3-4-10(15)11(5-8)17-2/h3-5,15H,6H2,1-2H3. The van der Waals surface area contributed by atoms with E-state index in [9.17, 15) is 14.7 Å². The van der Waals surface area contributed by atoms with Gasteiger partial charge in [0.1, 0.15) is 12.2 Å². The van der Waals surface area contributed by atoms with Gasteiger partial charge >= 0.3 is 5.97 Å². The van der Waals surface area contributed by atoms with Crippen molar-refractivity contribution >= 4 is 17.3 Å². The van der Waals surface area contributed by atoms with Crippen LogP contribution in [0.15, 0.2) is 23.8 Å². The van der Waals surface area contributed by atoms with Crippen molar-refractivity contribution in [2.24, 2.45) is 0 Å². The summed E-state index contributed by atoms with van der Waals surface area (Å²) in [6, 6.07) is 4.62. The van der Waals surface area contributed by atoms with Crippen LogP contribution in [0, 0.1) is 0 Å². The summed E-state index contributed by atoms with van der Waals surface area (Å²) in [5.74, 6) is -0.664. The second-order valence-electron chi connectivity index (χ2n) is 3.87. The summed E-state index contributed by atoms with van der Waals surface area (Å²) in [5.41, 5.74) is 1.20. The zero-order valence-electron chi connectivity index (χ0n) is 10.0. The van der Waals surface area contributed by atoms with Gasteiger partial charge in [-0.05, 0) is 24.6 Å². The van der Waals surface area contributed by atoms with E-state index in [2.05, 4.69) is 0 Å². The average Bonchev–Trinajstić information content (AvgIpc) is 2.72. The fourth-order valence-corrected chi connectivity index (χ4v) is 1.85. The number of cyclic esters (lactones) is 1. The maximum absolute atomic E-state index is 11.4. The highest BCUT2D eigenvalue weighted by atomic mass is 16.5. The lowest BCUT2D eigenvalue weighted by Gasteiger charge is -2.07. The van der Waals surface area contributed by atoms with Gasteiger partial charge in [-0.1, -0.05) is 6.07 Å². The molecular formula is C13H12O5. The van der Waals surface area contributed by atoms with Gasteiger partial charge in [-0.25, -0.2) is 4.79 Å². The minimum absolute atomic E-state index is 0.00327. The molecule has 1 aromatic carbocycles. The molecule has 0 saturated carbocycles. The van der Waals surface area contributed by atoms with E-state index in [0.717, 1.165) is 0 Å². The summed E-state index contributed by atoms with van der Waals surface area (Å²) >= 11 is 0. The first-order chi connectivity index (χ1) is 8.54. The molecule has 0 atom stereocenters. The molecule has 5 nitrogen and oxygen atoms in total. The Balaban J connectivity index is 2.54. The number of carbonyl (C=O) groups is 2. The molecule has 1 aromatic rings. The highest BCUT2D eigenvalue weighted by Crippen LogP contribution is 2.33. The van der Waals surface area contributed by atoms with Gasteiger partial charge in [0.05, 0.1) is 7.11 Å². The van der Waals surface area contributed by atoms with Gasteiger partial charge in [0.25, 0.3) is 0 Å². The normalized spacial score (nSPS) is 14.7. The topological polar surface area (TPSA) is 72.8 Å². The molecule has 0 aromatic heterocycles. The number of phenols is 1. The molecule has 94 valence electrons. The van der Waals surface area contributed by atoms with Gasteiger partial charge in [0.2, 0.25) is 0 Å². The third-order valence-corrected chi connectivity index (χ3v) is 2.73. The molecule has 0 aliphatic carbocycles. The smallest absolute Gasteiger partial charge is 0.342 e. The molecule has 0 unspecified atom stereocenters. The number of benzene rings is 1. The van der Waals surface area contributed by atoms with E-state index in [0.29, 0.717) is 11.1 Å². The highest BCUT2D eigenvalue weighted by molar-refractivity contribution is 6.24. The monoisotopic (exact) mass is 248 g/mol. The SMILES string of the molecule is COc1cc(C2=C(C(C)=O)C(=O)OC2)ccc1O. The second kappa shape index (κ2) is 4.52. The van der Waals surface area contributed by atoms with E-state index >= 15 is 0 Å². The molecule has 0 radical (unpaired) electrons. The number of ether oxygens (including phenoxy) is 2. The number of rotatable bonds is 3. The summed E-state index contributed by atoms with van der Waals surface area (Å²) < 4.78 is 9.84. The van der Waals surface area contributed by atoms with Crippen molar-refractivity contribution in [1.29, 1.82) is 0 Å². The van der Waals surface area contributed by atoms with Crippen LogP contribution in [0.4, 0.5) is 0 Å². The zero-order valence-corrected chi connectivity index (χ0v) is 10.0. The molecule has 0 bridgehead atoms. The Bertz CT molecular complexity index is 557. The predicted octanol–water partition coefficient (Wildman–Crippen LogP) is 1.30. The van der Waals surface area contributed by atoms with Gasteiger partial charge in [0.15, 0.2) is 17.3 Å². The molecule has 1 aliphatic rings. The highest BCUT2D eigenvalue weighted by Gasteiger charge is 2.29. The van der Waals surface area contributed by atoms with E-state index < -0.39 is 5.97 Å². The fourth-order valence-electron chi connectivity index (χ4n) is 1.85. The van der Waals surface area contributed by atoms with Gasteiger partial charge < -0.3 is 14.6 Å². The van der Waals surface area contributed by atoms with E-state index in [-0.39, 0.29) is 29.5 Å². The Labute approximate surface area is 104 Å². The van der Waals surface area contributed by atoms with Crippen LogP contribution in [-0.2, 0) is 14.3 Å². The van der Waals surface area contributed by atoms with E-state index in [1.807, 2.05) is 0 Å². The van der Waals surface area contributed by atoms with Crippen LogP contribution in [-0.4, -0.2) is 30.6 Å². The molecule has 5 heteroatoms. The van der Waals surface area contributed by atoms with Gasteiger partial charge in [-0.3, -0.25) is 4.79 Å². The van der Waals surface area contributed by atoms with Crippen molar-refractivity contribution in [1.82, 2.24) is 0 Å². The van der Waals surface area contributed by atoms with Crippen LogP contribution >= 0.6 is 0 Å². The van der Waals surface area contributed by atoms with Crippen molar-refractivity contribution in [3.05, 3.63) is 29.3 Å². The zero-order chi connectivity index (χ0) is 13.3. The Morgan fingerprint density at radius 2 is 2.17 bits per heavy atom. The summed E-state index contributed by atoms with van der Waals surface area (Å²) in [6.45, 7) is 1.38. The fraction of sp³-hybridized carbons (Fsp3) is 0.231. The van der Waals surface area contributed by atoms with Crippen molar-refractivity contribution in [2.75, 3.05) is 13.7 Å². The lowest BCUT2D eigenvalue weighted by atomic mass is 9.99. The minimum atomic E-state index is -0.607. The van der Waals surface area contributed by atoms with Gasteiger partial charge in [-0.15, -0.1) is 0 Å². The number of ketones is 1. The Morgan fingerprint density at radius 1 is 1.44 bits per heavy atom. The number of aromatic hydroxyl groups is 1. The summed E-state index contributed by atoms with van der Waals surface area (Å²) in [4.78, 5) is 22.9.